The van der Waals surface area contributed by atoms with Crippen LogP contribution in [0, 0.1) is 0 Å². The molecule has 0 bridgehead atoms. The Morgan fingerprint density at radius 2 is 1.96 bits per heavy atom. The van der Waals surface area contributed by atoms with Crippen LogP contribution in [0.1, 0.15) is 18.8 Å². The lowest BCUT2D eigenvalue weighted by atomic mass is 10.3. The number of halogens is 1. The molecule has 0 saturated heterocycles. The molecule has 24 heavy (non-hydrogen) atoms. The molecule has 8 heteroatoms. The van der Waals surface area contributed by atoms with Crippen LogP contribution in [0.3, 0.4) is 0 Å². The number of aromatic nitrogens is 3. The molecule has 0 unspecified atom stereocenters. The van der Waals surface area contributed by atoms with E-state index in [1.54, 1.807) is 11.0 Å². The lowest BCUT2D eigenvalue weighted by molar-refractivity contribution is 0.196. The topological polar surface area (TPSA) is 80.4 Å². The minimum atomic E-state index is -0.0167. The molecule has 0 aliphatic carbocycles. The van der Waals surface area contributed by atoms with Gasteiger partial charge in [-0.3, -0.25) is 4.90 Å². The van der Waals surface area contributed by atoms with Crippen molar-refractivity contribution >= 4 is 23.5 Å². The zero-order chi connectivity index (χ0) is 17.7. The van der Waals surface area contributed by atoms with Crippen molar-refractivity contribution in [2.75, 3.05) is 44.9 Å². The zero-order valence-electron chi connectivity index (χ0n) is 14.4. The maximum atomic E-state index is 5.94. The number of likely N-dealkylation sites (N-methyl/N-ethyl adjacent to an activating group) is 1. The third-order valence-electron chi connectivity index (χ3n) is 3.60. The third-order valence-corrected chi connectivity index (χ3v) is 3.84. The Labute approximate surface area is 147 Å². The van der Waals surface area contributed by atoms with E-state index in [1.807, 2.05) is 46.3 Å². The summed E-state index contributed by atoms with van der Waals surface area (Å²) in [6.07, 6.45) is 0. The van der Waals surface area contributed by atoms with Crippen molar-refractivity contribution in [1.29, 1.82) is 0 Å². The number of rotatable bonds is 7. The highest BCUT2D eigenvalue weighted by Gasteiger charge is 2.17. The third kappa shape index (κ3) is 4.94. The van der Waals surface area contributed by atoms with Gasteiger partial charge in [-0.1, -0.05) is 17.7 Å². The minimum Gasteiger partial charge on any atom is -0.492 e. The van der Waals surface area contributed by atoms with Crippen molar-refractivity contribution in [1.82, 2.24) is 19.9 Å². The molecule has 2 N–H and O–H groups in total. The SMILES string of the molecule is C[C@H](c1nc(N)nc(N(C)C)n1)N(C)CCOc1cccc(Cl)c1. The van der Waals surface area contributed by atoms with E-state index in [0.717, 1.165) is 5.75 Å². The second-order valence-corrected chi connectivity index (χ2v) is 6.15. The number of nitrogens with two attached hydrogens (primary N) is 1. The van der Waals surface area contributed by atoms with Gasteiger partial charge < -0.3 is 15.4 Å². The fourth-order valence-electron chi connectivity index (χ4n) is 2.04. The van der Waals surface area contributed by atoms with Gasteiger partial charge >= 0.3 is 0 Å². The van der Waals surface area contributed by atoms with Crippen LogP contribution in [-0.2, 0) is 0 Å². The first-order valence-electron chi connectivity index (χ1n) is 7.64. The van der Waals surface area contributed by atoms with Gasteiger partial charge in [0.1, 0.15) is 12.4 Å². The first-order chi connectivity index (χ1) is 11.4. The Morgan fingerprint density at radius 1 is 1.21 bits per heavy atom. The highest BCUT2D eigenvalue weighted by molar-refractivity contribution is 6.30. The van der Waals surface area contributed by atoms with Gasteiger partial charge in [-0.2, -0.15) is 15.0 Å². The molecule has 1 atom stereocenters. The van der Waals surface area contributed by atoms with Gasteiger partial charge in [0.15, 0.2) is 5.82 Å². The summed E-state index contributed by atoms with van der Waals surface area (Å²) >= 11 is 5.94. The Hall–Kier alpha value is -2.12. The van der Waals surface area contributed by atoms with Crippen molar-refractivity contribution in [2.45, 2.75) is 13.0 Å². The fraction of sp³-hybridized carbons (Fsp3) is 0.438. The molecule has 1 aromatic carbocycles. The van der Waals surface area contributed by atoms with Gasteiger partial charge in [0.2, 0.25) is 11.9 Å². The summed E-state index contributed by atoms with van der Waals surface area (Å²) in [7, 11) is 5.72. The van der Waals surface area contributed by atoms with E-state index in [1.165, 1.54) is 0 Å². The van der Waals surface area contributed by atoms with Crippen LogP contribution >= 0.6 is 11.6 Å². The van der Waals surface area contributed by atoms with Crippen LogP contribution < -0.4 is 15.4 Å². The number of benzene rings is 1. The standard InChI is InChI=1S/C16H23ClN6O/c1-11(14-19-15(18)21-16(20-14)22(2)3)23(4)8-9-24-13-7-5-6-12(17)10-13/h5-7,10-11H,8-9H2,1-4H3,(H2,18,19,20,21)/t11-/m1/s1. The van der Waals surface area contributed by atoms with Crippen LogP contribution in [0.15, 0.2) is 24.3 Å². The minimum absolute atomic E-state index is 0.0167. The summed E-state index contributed by atoms with van der Waals surface area (Å²) in [5.74, 6) is 2.16. The van der Waals surface area contributed by atoms with Gasteiger partial charge in [-0.25, -0.2) is 0 Å². The first-order valence-corrected chi connectivity index (χ1v) is 8.02. The number of nitrogens with zero attached hydrogens (tertiary/aromatic N) is 5. The normalized spacial score (nSPS) is 12.2. The lowest BCUT2D eigenvalue weighted by Crippen LogP contribution is -2.29. The molecule has 0 radical (unpaired) electrons. The largest absolute Gasteiger partial charge is 0.492 e. The van der Waals surface area contributed by atoms with E-state index in [4.69, 9.17) is 22.1 Å². The molecule has 0 saturated carbocycles. The Kier molecular flexibility index (Phi) is 6.16. The Morgan fingerprint density at radius 3 is 2.62 bits per heavy atom. The summed E-state index contributed by atoms with van der Waals surface area (Å²) in [5, 5.41) is 0.658. The quantitative estimate of drug-likeness (QED) is 0.820. The number of nitrogen functional groups attached to an aromatic ring is 1. The number of ether oxygens (including phenoxy) is 1. The summed E-state index contributed by atoms with van der Waals surface area (Å²) in [6.45, 7) is 3.26. The van der Waals surface area contributed by atoms with E-state index in [0.29, 0.717) is 29.9 Å². The average molecular weight is 351 g/mol. The molecule has 2 rings (SSSR count). The molecule has 7 nitrogen and oxygen atoms in total. The summed E-state index contributed by atoms with van der Waals surface area (Å²) in [6, 6.07) is 7.33. The molecule has 0 aliphatic rings. The molecule has 1 aromatic heterocycles. The fourth-order valence-corrected chi connectivity index (χ4v) is 2.22. The molecule has 0 fully saturated rings. The van der Waals surface area contributed by atoms with Crippen molar-refractivity contribution in [3.8, 4) is 5.75 Å². The van der Waals surface area contributed by atoms with E-state index in [9.17, 15) is 0 Å². The second kappa shape index (κ2) is 8.12. The smallest absolute Gasteiger partial charge is 0.229 e. The summed E-state index contributed by atoms with van der Waals surface area (Å²) in [5.41, 5.74) is 5.78. The molecule has 0 aliphatic heterocycles. The number of hydrogen-bond acceptors (Lipinski definition) is 7. The van der Waals surface area contributed by atoms with Gasteiger partial charge in [0, 0.05) is 25.7 Å². The molecular formula is C16H23ClN6O. The lowest BCUT2D eigenvalue weighted by Gasteiger charge is -2.24. The molecule has 1 heterocycles. The molecule has 130 valence electrons. The second-order valence-electron chi connectivity index (χ2n) is 5.71. The number of anilines is 2. The predicted octanol–water partition coefficient (Wildman–Crippen LogP) is 2.25. The van der Waals surface area contributed by atoms with Gasteiger partial charge in [0.25, 0.3) is 0 Å². The maximum absolute atomic E-state index is 5.94. The molecule has 0 spiro atoms. The van der Waals surface area contributed by atoms with Gasteiger partial charge in [0.05, 0.1) is 6.04 Å². The van der Waals surface area contributed by atoms with Gasteiger partial charge in [-0.15, -0.1) is 0 Å². The summed E-state index contributed by atoms with van der Waals surface area (Å²) < 4.78 is 5.72. The van der Waals surface area contributed by atoms with Crippen LogP contribution in [0.4, 0.5) is 11.9 Å². The summed E-state index contributed by atoms with van der Waals surface area (Å²) in [4.78, 5) is 16.7. The van der Waals surface area contributed by atoms with Crippen molar-refractivity contribution < 1.29 is 4.74 Å². The monoisotopic (exact) mass is 350 g/mol. The zero-order valence-corrected chi connectivity index (χ0v) is 15.2. The Balaban J connectivity index is 1.95. The van der Waals surface area contributed by atoms with Crippen LogP contribution in [0.5, 0.6) is 5.75 Å². The Bertz CT molecular complexity index is 681. The van der Waals surface area contributed by atoms with E-state index in [-0.39, 0.29) is 12.0 Å². The van der Waals surface area contributed by atoms with Crippen LogP contribution in [0.25, 0.3) is 0 Å². The highest BCUT2D eigenvalue weighted by atomic mass is 35.5. The van der Waals surface area contributed by atoms with Crippen molar-refractivity contribution in [3.05, 3.63) is 35.1 Å². The van der Waals surface area contributed by atoms with Crippen LogP contribution in [0.2, 0.25) is 5.02 Å². The predicted molar refractivity (Wildman–Crippen MR) is 96.6 cm³/mol. The molecule has 0 amide bonds. The average Bonchev–Trinajstić information content (AvgIpc) is 2.53. The van der Waals surface area contributed by atoms with E-state index in [2.05, 4.69) is 19.9 Å². The molecule has 2 aromatic rings. The van der Waals surface area contributed by atoms with E-state index < -0.39 is 0 Å². The number of hydrogen-bond donors (Lipinski definition) is 1. The first kappa shape index (κ1) is 18.2. The van der Waals surface area contributed by atoms with Crippen LogP contribution in [-0.4, -0.2) is 54.1 Å². The molecular weight excluding hydrogens is 328 g/mol. The van der Waals surface area contributed by atoms with Crippen molar-refractivity contribution in [3.63, 3.8) is 0 Å². The van der Waals surface area contributed by atoms with Gasteiger partial charge in [-0.05, 0) is 32.2 Å². The van der Waals surface area contributed by atoms with E-state index >= 15 is 0 Å². The highest BCUT2D eigenvalue weighted by Crippen LogP contribution is 2.19. The van der Waals surface area contributed by atoms with Crippen molar-refractivity contribution in [2.24, 2.45) is 0 Å². The maximum Gasteiger partial charge on any atom is 0.229 e.